The summed E-state index contributed by atoms with van der Waals surface area (Å²) < 4.78 is 2.25. The Kier molecular flexibility index (Phi) is 5.48. The minimum Gasteiger partial charge on any atom is -0.344 e. The minimum atomic E-state index is -0.260. The standard InChI is InChI=1S/C27H25N5O/c1-3-32-18(2)22(21-11-7-8-12-25(21)32)17-28-31-27(33)20-13-14-23-24(16-20)30-26(29-23)15-19-9-5-4-6-10-19/h4-14,16-17H,3,15H2,1-2H3,(H,29,30)(H,31,33)/b28-17-. The van der Waals surface area contributed by atoms with E-state index in [0.29, 0.717) is 12.0 Å². The van der Waals surface area contributed by atoms with Gasteiger partial charge in [-0.3, -0.25) is 4.79 Å². The highest BCUT2D eigenvalue weighted by Crippen LogP contribution is 2.24. The number of fused-ring (bicyclic) bond motifs is 2. The molecule has 1 amide bonds. The van der Waals surface area contributed by atoms with Gasteiger partial charge >= 0.3 is 0 Å². The molecule has 0 fully saturated rings. The number of amides is 1. The van der Waals surface area contributed by atoms with Crippen molar-refractivity contribution >= 4 is 34.1 Å². The second-order valence-corrected chi connectivity index (χ2v) is 8.04. The van der Waals surface area contributed by atoms with Crippen LogP contribution in [0.1, 0.15) is 39.9 Å². The third-order valence-corrected chi connectivity index (χ3v) is 5.96. The Bertz CT molecular complexity index is 1480. The molecule has 2 aromatic heterocycles. The molecule has 164 valence electrons. The summed E-state index contributed by atoms with van der Waals surface area (Å²) in [5.74, 6) is 0.610. The fourth-order valence-corrected chi connectivity index (χ4v) is 4.32. The molecule has 0 saturated carbocycles. The summed E-state index contributed by atoms with van der Waals surface area (Å²) in [6.45, 7) is 5.08. The molecule has 0 saturated heterocycles. The van der Waals surface area contributed by atoms with Gasteiger partial charge < -0.3 is 9.55 Å². The topological polar surface area (TPSA) is 75.1 Å². The second kappa shape index (κ2) is 8.74. The highest BCUT2D eigenvalue weighted by Gasteiger charge is 2.12. The molecule has 0 aliphatic heterocycles. The first-order valence-electron chi connectivity index (χ1n) is 11.1. The van der Waals surface area contributed by atoms with Crippen LogP contribution in [0.25, 0.3) is 21.9 Å². The fraction of sp³-hybridized carbons (Fsp3) is 0.148. The van der Waals surface area contributed by atoms with Crippen molar-refractivity contribution in [1.82, 2.24) is 20.0 Å². The van der Waals surface area contributed by atoms with Crippen LogP contribution in [0.15, 0.2) is 77.9 Å². The number of imidazole rings is 1. The van der Waals surface area contributed by atoms with Gasteiger partial charge in [-0.05, 0) is 43.7 Å². The zero-order valence-electron chi connectivity index (χ0n) is 18.7. The summed E-state index contributed by atoms with van der Waals surface area (Å²) in [6.07, 6.45) is 2.44. The van der Waals surface area contributed by atoms with Crippen molar-refractivity contribution in [3.63, 3.8) is 0 Å². The van der Waals surface area contributed by atoms with Crippen molar-refractivity contribution in [3.05, 3.63) is 101 Å². The lowest BCUT2D eigenvalue weighted by molar-refractivity contribution is 0.0955. The number of benzene rings is 3. The van der Waals surface area contributed by atoms with Crippen LogP contribution < -0.4 is 5.43 Å². The molecule has 6 nitrogen and oxygen atoms in total. The third-order valence-electron chi connectivity index (χ3n) is 5.96. The van der Waals surface area contributed by atoms with Crippen LogP contribution in [0.3, 0.4) is 0 Å². The molecule has 3 aromatic carbocycles. The lowest BCUT2D eigenvalue weighted by Gasteiger charge is -2.03. The van der Waals surface area contributed by atoms with E-state index in [-0.39, 0.29) is 5.91 Å². The summed E-state index contributed by atoms with van der Waals surface area (Å²) in [7, 11) is 0. The van der Waals surface area contributed by atoms with Gasteiger partial charge in [-0.15, -0.1) is 0 Å². The monoisotopic (exact) mass is 435 g/mol. The molecule has 5 rings (SSSR count). The number of H-pyrrole nitrogens is 1. The Labute approximate surface area is 192 Å². The maximum absolute atomic E-state index is 12.7. The van der Waals surface area contributed by atoms with E-state index in [2.05, 4.69) is 63.2 Å². The van der Waals surface area contributed by atoms with Gasteiger partial charge in [0.2, 0.25) is 0 Å². The maximum Gasteiger partial charge on any atom is 0.271 e. The van der Waals surface area contributed by atoms with Crippen molar-refractivity contribution in [2.45, 2.75) is 26.8 Å². The fourth-order valence-electron chi connectivity index (χ4n) is 4.32. The zero-order chi connectivity index (χ0) is 22.8. The molecule has 0 unspecified atom stereocenters. The molecule has 0 spiro atoms. The molecule has 2 heterocycles. The maximum atomic E-state index is 12.7. The summed E-state index contributed by atoms with van der Waals surface area (Å²) in [6, 6.07) is 23.9. The normalized spacial score (nSPS) is 11.6. The molecule has 2 N–H and O–H groups in total. The number of nitrogens with one attached hydrogen (secondary N) is 2. The SMILES string of the molecule is CCn1c(C)c(/C=N\NC(=O)c2ccc3nc(Cc4ccccc4)[nH]c3c2)c2ccccc21. The van der Waals surface area contributed by atoms with Crippen LogP contribution in [0.5, 0.6) is 0 Å². The van der Waals surface area contributed by atoms with Crippen LogP contribution in [-0.2, 0) is 13.0 Å². The van der Waals surface area contributed by atoms with Gasteiger partial charge in [0, 0.05) is 40.7 Å². The number of para-hydroxylation sites is 1. The predicted molar refractivity (Wildman–Crippen MR) is 133 cm³/mol. The van der Waals surface area contributed by atoms with Crippen molar-refractivity contribution < 1.29 is 4.79 Å². The second-order valence-electron chi connectivity index (χ2n) is 8.04. The van der Waals surface area contributed by atoms with Crippen molar-refractivity contribution in [3.8, 4) is 0 Å². The summed E-state index contributed by atoms with van der Waals surface area (Å²) >= 11 is 0. The number of hydrogen-bond donors (Lipinski definition) is 2. The van der Waals surface area contributed by atoms with Crippen LogP contribution in [0.2, 0.25) is 0 Å². The molecule has 0 aliphatic carbocycles. The lowest BCUT2D eigenvalue weighted by Crippen LogP contribution is -2.17. The first kappa shape index (κ1) is 20.7. The van der Waals surface area contributed by atoms with Gasteiger partial charge in [0.1, 0.15) is 5.82 Å². The smallest absolute Gasteiger partial charge is 0.271 e. The number of hydrazone groups is 1. The van der Waals surface area contributed by atoms with Crippen LogP contribution in [0.4, 0.5) is 0 Å². The largest absolute Gasteiger partial charge is 0.344 e. The van der Waals surface area contributed by atoms with Crippen LogP contribution in [0, 0.1) is 6.92 Å². The predicted octanol–water partition coefficient (Wildman–Crippen LogP) is 5.20. The Morgan fingerprint density at radius 1 is 1.09 bits per heavy atom. The average molecular weight is 436 g/mol. The number of aryl methyl sites for hydroxylation is 1. The van der Waals surface area contributed by atoms with Gasteiger partial charge in [0.25, 0.3) is 5.91 Å². The van der Waals surface area contributed by atoms with Crippen molar-refractivity contribution in [2.75, 3.05) is 0 Å². The minimum absolute atomic E-state index is 0.260. The number of carbonyl (C=O) groups excluding carboxylic acids is 1. The quantitative estimate of drug-likeness (QED) is 0.284. The highest BCUT2D eigenvalue weighted by molar-refractivity contribution is 6.02. The summed E-state index contributed by atoms with van der Waals surface area (Å²) in [5.41, 5.74) is 9.36. The molecule has 0 radical (unpaired) electrons. The zero-order valence-corrected chi connectivity index (χ0v) is 18.7. The molecular formula is C27H25N5O. The van der Waals surface area contributed by atoms with E-state index < -0.39 is 0 Å². The third kappa shape index (κ3) is 4.03. The Balaban J connectivity index is 1.34. The van der Waals surface area contributed by atoms with Gasteiger partial charge in [0.15, 0.2) is 0 Å². The van der Waals surface area contributed by atoms with E-state index in [0.717, 1.165) is 40.0 Å². The van der Waals surface area contributed by atoms with E-state index in [4.69, 9.17) is 0 Å². The summed E-state index contributed by atoms with van der Waals surface area (Å²) in [5, 5.41) is 5.38. The van der Waals surface area contributed by atoms with Gasteiger partial charge in [0.05, 0.1) is 17.2 Å². The molecular weight excluding hydrogens is 410 g/mol. The number of rotatable bonds is 6. The number of nitrogens with zero attached hydrogens (tertiary/aromatic N) is 3. The van der Waals surface area contributed by atoms with E-state index in [9.17, 15) is 4.79 Å². The van der Waals surface area contributed by atoms with Gasteiger partial charge in [-0.1, -0.05) is 48.5 Å². The lowest BCUT2D eigenvalue weighted by atomic mass is 10.1. The first-order chi connectivity index (χ1) is 16.1. The van der Waals surface area contributed by atoms with Crippen molar-refractivity contribution in [1.29, 1.82) is 0 Å². The molecule has 33 heavy (non-hydrogen) atoms. The van der Waals surface area contributed by atoms with E-state index in [1.165, 1.54) is 11.1 Å². The van der Waals surface area contributed by atoms with Gasteiger partial charge in [-0.2, -0.15) is 5.10 Å². The molecule has 0 atom stereocenters. The first-order valence-corrected chi connectivity index (χ1v) is 11.1. The van der Waals surface area contributed by atoms with E-state index in [1.807, 2.05) is 42.5 Å². The van der Waals surface area contributed by atoms with E-state index >= 15 is 0 Å². The number of carbonyl (C=O) groups is 1. The molecule has 0 bridgehead atoms. The number of aromatic amines is 1. The van der Waals surface area contributed by atoms with Gasteiger partial charge in [-0.25, -0.2) is 10.4 Å². The Morgan fingerprint density at radius 2 is 1.88 bits per heavy atom. The van der Waals surface area contributed by atoms with Crippen LogP contribution >= 0.6 is 0 Å². The molecule has 5 aromatic rings. The molecule has 6 heteroatoms. The number of hydrogen-bond acceptors (Lipinski definition) is 3. The van der Waals surface area contributed by atoms with E-state index in [1.54, 1.807) is 12.3 Å². The average Bonchev–Trinajstić information content (AvgIpc) is 3.36. The van der Waals surface area contributed by atoms with Crippen LogP contribution in [-0.4, -0.2) is 26.7 Å². The van der Waals surface area contributed by atoms with Crippen molar-refractivity contribution in [2.24, 2.45) is 5.10 Å². The Morgan fingerprint density at radius 3 is 2.70 bits per heavy atom. The Hall–Kier alpha value is -4.19. The number of aromatic nitrogens is 3. The summed E-state index contributed by atoms with van der Waals surface area (Å²) in [4.78, 5) is 20.7. The highest BCUT2D eigenvalue weighted by atomic mass is 16.2. The molecule has 0 aliphatic rings.